The zero-order valence-corrected chi connectivity index (χ0v) is 22.1. The molecule has 27 heavy (non-hydrogen) atoms. The number of hydrogen-bond donors (Lipinski definition) is 2. The lowest BCUT2D eigenvalue weighted by molar-refractivity contribution is -0.136. The summed E-state index contributed by atoms with van der Waals surface area (Å²) in [6.07, 6.45) is 0.590. The number of nitrogens with zero attached hydrogens (tertiary/aromatic N) is 1. The van der Waals surface area contributed by atoms with Crippen LogP contribution in [0, 0.1) is 14.3 Å². The first kappa shape index (κ1) is 21.5. The highest BCUT2D eigenvalue weighted by molar-refractivity contribution is 14.1. The van der Waals surface area contributed by atoms with Gasteiger partial charge in [0.2, 0.25) is 5.78 Å². The summed E-state index contributed by atoms with van der Waals surface area (Å²) in [5.74, 6) is -1.27. The predicted octanol–water partition coefficient (Wildman–Crippen LogP) is 4.69. The molecule has 1 aliphatic rings. The van der Waals surface area contributed by atoms with Crippen LogP contribution in [0.3, 0.4) is 0 Å². The second-order valence-corrected chi connectivity index (χ2v) is 10.0. The third-order valence-corrected chi connectivity index (χ3v) is 11.1. The van der Waals surface area contributed by atoms with Gasteiger partial charge in [-0.3, -0.25) is 9.59 Å². The fourth-order valence-electron chi connectivity index (χ4n) is 2.56. The molecule has 10 heteroatoms. The maximum absolute atomic E-state index is 12.6. The van der Waals surface area contributed by atoms with E-state index < -0.39 is 17.7 Å². The number of carbonyl (C=O) groups excluding carboxylic acids is 3. The molecule has 0 radical (unpaired) electrons. The Hall–Kier alpha value is -0.230. The van der Waals surface area contributed by atoms with Crippen LogP contribution in [-0.4, -0.2) is 17.7 Å². The van der Waals surface area contributed by atoms with Gasteiger partial charge in [-0.25, -0.2) is 15.2 Å². The van der Waals surface area contributed by atoms with Crippen LogP contribution in [0.2, 0.25) is 0 Å². The summed E-state index contributed by atoms with van der Waals surface area (Å²) in [6, 6.07) is 8.46. The third kappa shape index (κ3) is 4.68. The van der Waals surface area contributed by atoms with Crippen LogP contribution < -0.4 is 15.8 Å². The van der Waals surface area contributed by atoms with Crippen LogP contribution in [0.25, 0.3) is 0 Å². The van der Waals surface area contributed by atoms with Crippen molar-refractivity contribution in [2.45, 2.75) is 12.8 Å². The average molecular weight is 813 g/mol. The SMILES string of the molecule is O=C(Nc1cc(I)c(I)c(I)c1I)NN1C(=O)C(=O)CCc2ccccc21. The van der Waals surface area contributed by atoms with Crippen LogP contribution in [0.5, 0.6) is 0 Å². The number of aryl methyl sites for hydroxylation is 1. The van der Waals surface area contributed by atoms with Gasteiger partial charge in [-0.2, -0.15) is 0 Å². The van der Waals surface area contributed by atoms with Gasteiger partial charge in [-0.1, -0.05) is 18.2 Å². The molecular weight excluding hydrogens is 802 g/mol. The molecule has 2 aromatic rings. The van der Waals surface area contributed by atoms with Gasteiger partial charge in [0.05, 0.1) is 14.9 Å². The maximum atomic E-state index is 12.6. The first-order valence-electron chi connectivity index (χ1n) is 7.65. The molecule has 0 spiro atoms. The third-order valence-electron chi connectivity index (χ3n) is 3.86. The van der Waals surface area contributed by atoms with E-state index >= 15 is 0 Å². The van der Waals surface area contributed by atoms with E-state index in [-0.39, 0.29) is 6.42 Å². The van der Waals surface area contributed by atoms with Crippen molar-refractivity contribution in [3.05, 3.63) is 50.2 Å². The number of hydrogen-bond acceptors (Lipinski definition) is 3. The predicted molar refractivity (Wildman–Crippen MR) is 137 cm³/mol. The van der Waals surface area contributed by atoms with Gasteiger partial charge in [-0.15, -0.1) is 0 Å². The Bertz CT molecular complexity index is 965. The fraction of sp³-hybridized carbons (Fsp3) is 0.118. The van der Waals surface area contributed by atoms with Crippen molar-refractivity contribution in [2.75, 3.05) is 10.3 Å². The van der Waals surface area contributed by atoms with Crippen LogP contribution >= 0.6 is 90.4 Å². The monoisotopic (exact) mass is 813 g/mol. The number of ketones is 1. The van der Waals surface area contributed by atoms with E-state index in [1.54, 1.807) is 12.1 Å². The number of carbonyl (C=O) groups is 3. The van der Waals surface area contributed by atoms with Crippen molar-refractivity contribution in [1.82, 2.24) is 5.43 Å². The molecule has 1 aliphatic heterocycles. The summed E-state index contributed by atoms with van der Waals surface area (Å²) < 4.78 is 4.08. The van der Waals surface area contributed by atoms with E-state index in [9.17, 15) is 14.4 Å². The zero-order valence-electron chi connectivity index (χ0n) is 13.5. The minimum Gasteiger partial charge on any atom is -0.305 e. The lowest BCUT2D eigenvalue weighted by Crippen LogP contribution is -2.50. The number of urea groups is 1. The number of fused-ring (bicyclic) bond motifs is 1. The Morgan fingerprint density at radius 2 is 1.67 bits per heavy atom. The Labute approximate surface area is 210 Å². The standard InChI is InChI=1S/C17H11I4N3O3/c18-9-7-10(14(20)15(21)13(9)19)22-17(27)23-24-11-4-2-1-3-8(11)5-6-12(25)16(24)26/h1-4,7H,5-6H2,(H2,22,23,27). The lowest BCUT2D eigenvalue weighted by atomic mass is 10.1. The van der Waals surface area contributed by atoms with E-state index in [4.69, 9.17) is 0 Å². The number of benzene rings is 2. The summed E-state index contributed by atoms with van der Waals surface area (Å²) >= 11 is 8.87. The van der Waals surface area contributed by atoms with Gasteiger partial charge < -0.3 is 5.32 Å². The van der Waals surface area contributed by atoms with Gasteiger partial charge in [0, 0.05) is 17.1 Å². The lowest BCUT2D eigenvalue weighted by Gasteiger charge is -2.23. The topological polar surface area (TPSA) is 78.5 Å². The zero-order chi connectivity index (χ0) is 19.7. The summed E-state index contributed by atoms with van der Waals surface area (Å²) in [6.45, 7) is 0. The summed E-state index contributed by atoms with van der Waals surface area (Å²) in [4.78, 5) is 37.1. The second kappa shape index (κ2) is 9.06. The van der Waals surface area contributed by atoms with Crippen molar-refractivity contribution in [2.24, 2.45) is 0 Å². The summed E-state index contributed by atoms with van der Waals surface area (Å²) in [7, 11) is 0. The second-order valence-electron chi connectivity index (χ2n) is 5.61. The molecular formula is C17H11I4N3O3. The van der Waals surface area contributed by atoms with Crippen LogP contribution in [-0.2, 0) is 16.0 Å². The quantitative estimate of drug-likeness (QED) is 0.200. The number of Topliss-reactive ketones (excluding diaryl/α,β-unsaturated/α-hetero) is 1. The fourth-order valence-corrected chi connectivity index (χ4v) is 5.74. The number of nitrogens with one attached hydrogen (secondary N) is 2. The minimum absolute atomic E-state index is 0.126. The van der Waals surface area contributed by atoms with Gasteiger partial charge in [0.1, 0.15) is 0 Å². The normalized spacial score (nSPS) is 13.9. The van der Waals surface area contributed by atoms with E-state index in [1.807, 2.05) is 18.2 Å². The first-order chi connectivity index (χ1) is 12.8. The molecule has 0 saturated carbocycles. The molecule has 2 N–H and O–H groups in total. The van der Waals surface area contributed by atoms with E-state index in [0.29, 0.717) is 17.8 Å². The minimum atomic E-state index is -0.739. The van der Waals surface area contributed by atoms with Gasteiger partial charge in [0.25, 0.3) is 0 Å². The van der Waals surface area contributed by atoms with Crippen LogP contribution in [0.4, 0.5) is 16.2 Å². The molecule has 0 saturated heterocycles. The van der Waals surface area contributed by atoms with Crippen LogP contribution in [0.15, 0.2) is 30.3 Å². The Balaban J connectivity index is 1.87. The number of halogens is 4. The first-order valence-corrected chi connectivity index (χ1v) is 12.0. The smallest absolute Gasteiger partial charge is 0.305 e. The number of para-hydroxylation sites is 1. The summed E-state index contributed by atoms with van der Waals surface area (Å²) in [5, 5.41) is 3.81. The summed E-state index contributed by atoms with van der Waals surface area (Å²) in [5.41, 5.74) is 4.53. The van der Waals surface area contributed by atoms with E-state index in [2.05, 4.69) is 101 Å². The van der Waals surface area contributed by atoms with Gasteiger partial charge >= 0.3 is 11.9 Å². The number of anilines is 2. The maximum Gasteiger partial charge on any atom is 0.338 e. The molecule has 2 aromatic carbocycles. The molecule has 0 bridgehead atoms. The largest absolute Gasteiger partial charge is 0.338 e. The van der Waals surface area contributed by atoms with Crippen molar-refractivity contribution < 1.29 is 14.4 Å². The number of rotatable bonds is 2. The number of amides is 3. The van der Waals surface area contributed by atoms with Gasteiger partial charge in [0.15, 0.2) is 0 Å². The molecule has 0 fully saturated rings. The molecule has 3 amide bonds. The van der Waals surface area contributed by atoms with Crippen molar-refractivity contribution in [3.8, 4) is 0 Å². The van der Waals surface area contributed by atoms with Gasteiger partial charge in [-0.05, 0) is 114 Å². The van der Waals surface area contributed by atoms with E-state index in [0.717, 1.165) is 24.9 Å². The van der Waals surface area contributed by atoms with E-state index in [1.165, 1.54) is 0 Å². The molecule has 140 valence electrons. The molecule has 0 atom stereocenters. The number of hydrazine groups is 1. The average Bonchev–Trinajstić information content (AvgIpc) is 2.77. The molecule has 0 aromatic heterocycles. The Morgan fingerprint density at radius 3 is 2.41 bits per heavy atom. The molecule has 3 rings (SSSR count). The Kier molecular flexibility index (Phi) is 7.21. The van der Waals surface area contributed by atoms with Crippen molar-refractivity contribution in [1.29, 1.82) is 0 Å². The molecule has 1 heterocycles. The molecule has 6 nitrogen and oxygen atoms in total. The van der Waals surface area contributed by atoms with Crippen LogP contribution in [0.1, 0.15) is 12.0 Å². The highest BCUT2D eigenvalue weighted by atomic mass is 127. The van der Waals surface area contributed by atoms with Crippen molar-refractivity contribution in [3.63, 3.8) is 0 Å². The molecule has 0 aliphatic carbocycles. The van der Waals surface area contributed by atoms with Crippen molar-refractivity contribution >= 4 is 119 Å². The Morgan fingerprint density at radius 1 is 0.963 bits per heavy atom. The molecule has 0 unspecified atom stereocenters. The highest BCUT2D eigenvalue weighted by Crippen LogP contribution is 2.32. The highest BCUT2D eigenvalue weighted by Gasteiger charge is 2.30.